The number of hydrogen-bond donors (Lipinski definition) is 1. The molecule has 0 radical (unpaired) electrons. The predicted octanol–water partition coefficient (Wildman–Crippen LogP) is 0.998. The molecule has 1 aromatic rings. The van der Waals surface area contributed by atoms with E-state index in [0.717, 1.165) is 0 Å². The molecule has 2 rings (SSSR count). The van der Waals surface area contributed by atoms with Gasteiger partial charge in [0.05, 0.1) is 12.7 Å². The van der Waals surface area contributed by atoms with Crippen LogP contribution in [0.1, 0.15) is 16.8 Å². The maximum Gasteiger partial charge on any atom is 0.167 e. The van der Waals surface area contributed by atoms with Crippen LogP contribution < -0.4 is 19.9 Å². The molecule has 0 fully saturated rings. The lowest BCUT2D eigenvalue weighted by Crippen LogP contribution is -2.17. The zero-order valence-electron chi connectivity index (χ0n) is 9.69. The summed E-state index contributed by atoms with van der Waals surface area (Å²) >= 11 is 0. The van der Waals surface area contributed by atoms with E-state index in [2.05, 4.69) is 0 Å². The van der Waals surface area contributed by atoms with Crippen molar-refractivity contribution in [1.29, 1.82) is 0 Å². The van der Waals surface area contributed by atoms with Crippen molar-refractivity contribution in [3.05, 3.63) is 17.7 Å². The van der Waals surface area contributed by atoms with E-state index in [4.69, 9.17) is 19.9 Å². The molecule has 0 bridgehead atoms. The van der Waals surface area contributed by atoms with Crippen LogP contribution in [-0.2, 0) is 0 Å². The Hall–Kier alpha value is -1.75. The highest BCUT2D eigenvalue weighted by Crippen LogP contribution is 2.37. The van der Waals surface area contributed by atoms with E-state index < -0.39 is 0 Å². The Labute approximate surface area is 99.5 Å². The zero-order chi connectivity index (χ0) is 12.3. The molecule has 0 atom stereocenters. The van der Waals surface area contributed by atoms with Gasteiger partial charge in [0.25, 0.3) is 0 Å². The van der Waals surface area contributed by atoms with Gasteiger partial charge >= 0.3 is 0 Å². The van der Waals surface area contributed by atoms with Crippen LogP contribution in [0.5, 0.6) is 17.2 Å². The summed E-state index contributed by atoms with van der Waals surface area (Å²) in [5, 5.41) is 0. The molecule has 1 heterocycles. The minimum atomic E-state index is -0.0543. The molecular weight excluding hydrogens is 222 g/mol. The van der Waals surface area contributed by atoms with E-state index >= 15 is 0 Å². The summed E-state index contributed by atoms with van der Waals surface area (Å²) in [5.74, 6) is 1.63. The Morgan fingerprint density at radius 2 is 2.00 bits per heavy atom. The molecule has 0 saturated heterocycles. The number of methoxy groups -OCH3 is 1. The Kier molecular flexibility index (Phi) is 3.49. The third-order valence-corrected chi connectivity index (χ3v) is 2.54. The molecule has 1 aliphatic heterocycles. The van der Waals surface area contributed by atoms with Gasteiger partial charge in [0.15, 0.2) is 17.3 Å². The van der Waals surface area contributed by atoms with Gasteiger partial charge in [-0.15, -0.1) is 0 Å². The fourth-order valence-corrected chi connectivity index (χ4v) is 1.72. The monoisotopic (exact) mass is 237 g/mol. The van der Waals surface area contributed by atoms with Crippen molar-refractivity contribution in [2.45, 2.75) is 6.42 Å². The lowest BCUT2D eigenvalue weighted by Gasteiger charge is -2.20. The van der Waals surface area contributed by atoms with Crippen molar-refractivity contribution >= 4 is 5.78 Å². The van der Waals surface area contributed by atoms with Gasteiger partial charge < -0.3 is 19.9 Å². The topological polar surface area (TPSA) is 70.8 Å². The molecule has 0 aliphatic carbocycles. The fraction of sp³-hybridized carbons (Fsp3) is 0.417. The normalized spacial score (nSPS) is 13.3. The molecule has 92 valence electrons. The molecule has 0 aromatic heterocycles. The Morgan fingerprint density at radius 1 is 1.35 bits per heavy atom. The average Bonchev–Trinajstić information content (AvgIpc) is 2.37. The van der Waals surface area contributed by atoms with Crippen LogP contribution in [0.4, 0.5) is 0 Å². The van der Waals surface area contributed by atoms with Gasteiger partial charge in [-0.2, -0.15) is 0 Å². The van der Waals surface area contributed by atoms with Crippen LogP contribution in [0.3, 0.4) is 0 Å². The highest BCUT2D eigenvalue weighted by molar-refractivity contribution is 5.99. The first-order chi connectivity index (χ1) is 8.26. The molecule has 1 aromatic carbocycles. The minimum absolute atomic E-state index is 0.0543. The first-order valence-corrected chi connectivity index (χ1v) is 5.47. The first-order valence-electron chi connectivity index (χ1n) is 5.47. The van der Waals surface area contributed by atoms with E-state index in [0.29, 0.717) is 42.6 Å². The van der Waals surface area contributed by atoms with Crippen LogP contribution in [0.25, 0.3) is 0 Å². The summed E-state index contributed by atoms with van der Waals surface area (Å²) < 4.78 is 16.0. The van der Waals surface area contributed by atoms with Gasteiger partial charge in [0, 0.05) is 12.5 Å². The maximum atomic E-state index is 11.9. The quantitative estimate of drug-likeness (QED) is 0.791. The highest BCUT2D eigenvalue weighted by Gasteiger charge is 2.19. The molecule has 0 amide bonds. The van der Waals surface area contributed by atoms with Gasteiger partial charge in [-0.3, -0.25) is 4.79 Å². The van der Waals surface area contributed by atoms with Gasteiger partial charge in [-0.05, 0) is 12.6 Å². The number of rotatable bonds is 4. The lowest BCUT2D eigenvalue weighted by atomic mass is 10.1. The average molecular weight is 237 g/mol. The number of ketones is 1. The zero-order valence-corrected chi connectivity index (χ0v) is 9.69. The van der Waals surface area contributed by atoms with E-state index in [1.165, 1.54) is 7.11 Å². The maximum absolute atomic E-state index is 11.9. The molecule has 0 saturated carbocycles. The second-order valence-electron chi connectivity index (χ2n) is 3.66. The second-order valence-corrected chi connectivity index (χ2v) is 3.66. The number of nitrogens with two attached hydrogens (primary N) is 1. The Morgan fingerprint density at radius 3 is 2.59 bits per heavy atom. The summed E-state index contributed by atoms with van der Waals surface area (Å²) in [4.78, 5) is 11.9. The smallest absolute Gasteiger partial charge is 0.167 e. The standard InChI is InChI=1S/C12H15NO4/c1-15-10-7-12-11(16-4-5-17-12)6-8(10)9(14)2-3-13/h6-7H,2-5,13H2,1H3. The van der Waals surface area contributed by atoms with Crippen LogP contribution in [-0.4, -0.2) is 32.7 Å². The number of Topliss-reactive ketones (excluding diaryl/α,β-unsaturated/α-hetero) is 1. The number of fused-ring (bicyclic) bond motifs is 1. The van der Waals surface area contributed by atoms with Crippen molar-refractivity contribution in [3.63, 3.8) is 0 Å². The van der Waals surface area contributed by atoms with Crippen LogP contribution in [0, 0.1) is 0 Å². The van der Waals surface area contributed by atoms with E-state index in [-0.39, 0.29) is 12.2 Å². The van der Waals surface area contributed by atoms with E-state index in [9.17, 15) is 4.79 Å². The molecule has 0 unspecified atom stereocenters. The summed E-state index contributed by atoms with van der Waals surface area (Å²) in [5.41, 5.74) is 5.87. The molecule has 17 heavy (non-hydrogen) atoms. The van der Waals surface area contributed by atoms with Crippen molar-refractivity contribution in [1.82, 2.24) is 0 Å². The number of carbonyl (C=O) groups excluding carboxylic acids is 1. The third-order valence-electron chi connectivity index (χ3n) is 2.54. The highest BCUT2D eigenvalue weighted by atomic mass is 16.6. The van der Waals surface area contributed by atoms with Gasteiger partial charge in [0.2, 0.25) is 0 Å². The number of benzene rings is 1. The Bertz CT molecular complexity index is 431. The summed E-state index contributed by atoms with van der Waals surface area (Å²) in [6.45, 7) is 1.31. The largest absolute Gasteiger partial charge is 0.496 e. The molecule has 5 nitrogen and oxygen atoms in total. The van der Waals surface area contributed by atoms with E-state index in [1.54, 1.807) is 12.1 Å². The van der Waals surface area contributed by atoms with Crippen molar-refractivity contribution in [2.75, 3.05) is 26.9 Å². The van der Waals surface area contributed by atoms with Crippen molar-refractivity contribution < 1.29 is 19.0 Å². The number of carbonyl (C=O) groups is 1. The summed E-state index contributed by atoms with van der Waals surface area (Å²) in [6, 6.07) is 3.34. The van der Waals surface area contributed by atoms with E-state index in [1.807, 2.05) is 0 Å². The molecule has 5 heteroatoms. The predicted molar refractivity (Wildman–Crippen MR) is 62.0 cm³/mol. The van der Waals surface area contributed by atoms with Gasteiger partial charge in [-0.25, -0.2) is 0 Å². The number of ether oxygens (including phenoxy) is 3. The van der Waals surface area contributed by atoms with Crippen molar-refractivity contribution in [2.24, 2.45) is 5.73 Å². The first kappa shape index (κ1) is 11.7. The van der Waals surface area contributed by atoms with Crippen molar-refractivity contribution in [3.8, 4) is 17.2 Å². The van der Waals surface area contributed by atoms with Crippen LogP contribution in [0.2, 0.25) is 0 Å². The minimum Gasteiger partial charge on any atom is -0.496 e. The summed E-state index contributed by atoms with van der Waals surface area (Å²) in [6.07, 6.45) is 0.288. The molecular formula is C12H15NO4. The molecule has 0 spiro atoms. The number of hydrogen-bond acceptors (Lipinski definition) is 5. The lowest BCUT2D eigenvalue weighted by molar-refractivity contribution is 0.0981. The third kappa shape index (κ3) is 2.34. The van der Waals surface area contributed by atoms with Crippen LogP contribution >= 0.6 is 0 Å². The van der Waals surface area contributed by atoms with Gasteiger partial charge in [-0.1, -0.05) is 0 Å². The Balaban J connectivity index is 2.39. The molecule has 1 aliphatic rings. The van der Waals surface area contributed by atoms with Gasteiger partial charge in [0.1, 0.15) is 19.0 Å². The molecule has 2 N–H and O–H groups in total. The SMILES string of the molecule is COc1cc2c(cc1C(=O)CCN)OCCO2. The fourth-order valence-electron chi connectivity index (χ4n) is 1.72. The summed E-state index contributed by atoms with van der Waals surface area (Å²) in [7, 11) is 1.52. The second kappa shape index (κ2) is 5.05. The van der Waals surface area contributed by atoms with Crippen LogP contribution in [0.15, 0.2) is 12.1 Å².